The molecule has 2 N–H and O–H groups in total. The second-order valence-corrected chi connectivity index (χ2v) is 6.33. The normalized spacial score (nSPS) is 20.3. The summed E-state index contributed by atoms with van der Waals surface area (Å²) in [7, 11) is 0. The van der Waals surface area contributed by atoms with E-state index in [2.05, 4.69) is 10.6 Å². The van der Waals surface area contributed by atoms with Gasteiger partial charge in [-0.2, -0.15) is 0 Å². The van der Waals surface area contributed by atoms with Gasteiger partial charge < -0.3 is 20.1 Å². The van der Waals surface area contributed by atoms with Gasteiger partial charge in [0, 0.05) is 29.7 Å². The maximum atomic E-state index is 11.8. The van der Waals surface area contributed by atoms with Crippen molar-refractivity contribution < 1.29 is 14.3 Å². The Morgan fingerprint density at radius 2 is 2.19 bits per heavy atom. The van der Waals surface area contributed by atoms with Crippen molar-refractivity contribution >= 4 is 17.7 Å². The zero-order chi connectivity index (χ0) is 14.5. The van der Waals surface area contributed by atoms with Crippen LogP contribution in [0.4, 0.5) is 0 Å². The van der Waals surface area contributed by atoms with Gasteiger partial charge in [0.15, 0.2) is 11.5 Å². The van der Waals surface area contributed by atoms with E-state index in [9.17, 15) is 4.79 Å². The molecule has 1 atom stereocenters. The van der Waals surface area contributed by atoms with Crippen LogP contribution < -0.4 is 20.1 Å². The third kappa shape index (κ3) is 4.04. The molecule has 2 heterocycles. The molecule has 1 saturated heterocycles. The molecular weight excluding hydrogens is 288 g/mol. The number of rotatable bonds is 5. The number of fused-ring (bicyclic) bond motifs is 1. The first-order chi connectivity index (χ1) is 10.3. The van der Waals surface area contributed by atoms with Crippen molar-refractivity contribution in [1.29, 1.82) is 0 Å². The van der Waals surface area contributed by atoms with Crippen molar-refractivity contribution in [3.63, 3.8) is 0 Å². The number of hydrogen-bond acceptors (Lipinski definition) is 5. The van der Waals surface area contributed by atoms with Crippen LogP contribution in [0.15, 0.2) is 23.1 Å². The third-order valence-electron chi connectivity index (χ3n) is 3.54. The molecule has 0 spiro atoms. The van der Waals surface area contributed by atoms with E-state index in [-0.39, 0.29) is 5.91 Å². The number of amides is 1. The molecule has 0 aromatic heterocycles. The Labute approximate surface area is 128 Å². The summed E-state index contributed by atoms with van der Waals surface area (Å²) in [6, 6.07) is 6.23. The summed E-state index contributed by atoms with van der Waals surface area (Å²) in [6.07, 6.45) is 1.57. The van der Waals surface area contributed by atoms with Crippen LogP contribution in [0, 0.1) is 0 Å². The smallest absolute Gasteiger partial charge is 0.221 e. The first-order valence-corrected chi connectivity index (χ1v) is 8.32. The second kappa shape index (κ2) is 7.04. The zero-order valence-corrected chi connectivity index (χ0v) is 12.7. The summed E-state index contributed by atoms with van der Waals surface area (Å²) in [5.41, 5.74) is 0. The number of carbonyl (C=O) groups is 1. The van der Waals surface area contributed by atoms with Crippen molar-refractivity contribution in [3.8, 4) is 11.5 Å². The maximum absolute atomic E-state index is 11.8. The highest BCUT2D eigenvalue weighted by atomic mass is 32.2. The van der Waals surface area contributed by atoms with Gasteiger partial charge in [0.2, 0.25) is 5.91 Å². The van der Waals surface area contributed by atoms with Crippen molar-refractivity contribution in [2.75, 3.05) is 32.1 Å². The molecule has 0 saturated carbocycles. The summed E-state index contributed by atoms with van der Waals surface area (Å²) in [5.74, 6) is 2.50. The number of benzene rings is 1. The van der Waals surface area contributed by atoms with Crippen LogP contribution in [-0.2, 0) is 4.79 Å². The Hall–Kier alpha value is -1.40. The Bertz CT molecular complexity index is 504. The van der Waals surface area contributed by atoms with E-state index in [1.807, 2.05) is 18.2 Å². The Morgan fingerprint density at radius 1 is 1.33 bits per heavy atom. The molecule has 5 nitrogen and oxygen atoms in total. The maximum Gasteiger partial charge on any atom is 0.221 e. The molecule has 21 heavy (non-hydrogen) atoms. The van der Waals surface area contributed by atoms with Crippen molar-refractivity contribution in [2.45, 2.75) is 23.8 Å². The summed E-state index contributed by atoms with van der Waals surface area (Å²) >= 11 is 1.67. The van der Waals surface area contributed by atoms with Crippen LogP contribution in [0.25, 0.3) is 0 Å². The van der Waals surface area contributed by atoms with E-state index in [0.29, 0.717) is 25.7 Å². The lowest BCUT2D eigenvalue weighted by molar-refractivity contribution is -0.121. The average molecular weight is 308 g/mol. The van der Waals surface area contributed by atoms with Gasteiger partial charge in [0.05, 0.1) is 0 Å². The standard InChI is InChI=1S/C15H20N2O3S/c18-15(17-11-3-5-16-10-11)4-8-21-12-1-2-13-14(9-12)20-7-6-19-13/h1-2,9,11,16H,3-8,10H2,(H,17,18). The van der Waals surface area contributed by atoms with Crippen LogP contribution in [0.3, 0.4) is 0 Å². The summed E-state index contributed by atoms with van der Waals surface area (Å²) in [5, 5.41) is 6.30. The highest BCUT2D eigenvalue weighted by molar-refractivity contribution is 7.99. The molecule has 2 aliphatic heterocycles. The van der Waals surface area contributed by atoms with E-state index in [4.69, 9.17) is 9.47 Å². The predicted octanol–water partition coefficient (Wildman–Crippen LogP) is 1.42. The third-order valence-corrected chi connectivity index (χ3v) is 4.53. The lowest BCUT2D eigenvalue weighted by Crippen LogP contribution is -2.36. The van der Waals surface area contributed by atoms with Crippen LogP contribution in [0.1, 0.15) is 12.8 Å². The number of hydrogen-bond donors (Lipinski definition) is 2. The van der Waals surface area contributed by atoms with Crippen molar-refractivity contribution in [3.05, 3.63) is 18.2 Å². The Balaban J connectivity index is 1.43. The largest absolute Gasteiger partial charge is 0.486 e. The molecule has 6 heteroatoms. The fraction of sp³-hybridized carbons (Fsp3) is 0.533. The van der Waals surface area contributed by atoms with Gasteiger partial charge in [-0.1, -0.05) is 0 Å². The van der Waals surface area contributed by atoms with Gasteiger partial charge >= 0.3 is 0 Å². The minimum atomic E-state index is 0.133. The van der Waals surface area contributed by atoms with Crippen molar-refractivity contribution in [2.24, 2.45) is 0 Å². The van der Waals surface area contributed by atoms with Gasteiger partial charge in [0.1, 0.15) is 13.2 Å². The lowest BCUT2D eigenvalue weighted by Gasteiger charge is -2.18. The first-order valence-electron chi connectivity index (χ1n) is 7.34. The van der Waals surface area contributed by atoms with Gasteiger partial charge in [-0.05, 0) is 31.2 Å². The van der Waals surface area contributed by atoms with Gasteiger partial charge in [-0.3, -0.25) is 4.79 Å². The number of thioether (sulfide) groups is 1. The van der Waals surface area contributed by atoms with Gasteiger partial charge in [-0.15, -0.1) is 11.8 Å². The minimum absolute atomic E-state index is 0.133. The molecule has 1 amide bonds. The first kappa shape index (κ1) is 14.5. The van der Waals surface area contributed by atoms with E-state index in [1.165, 1.54) is 0 Å². The van der Waals surface area contributed by atoms with Crippen LogP contribution in [-0.4, -0.2) is 44.0 Å². The summed E-state index contributed by atoms with van der Waals surface area (Å²) in [6.45, 7) is 3.09. The lowest BCUT2D eigenvalue weighted by atomic mass is 10.2. The molecule has 1 aromatic carbocycles. The molecule has 114 valence electrons. The van der Waals surface area contributed by atoms with E-state index in [0.717, 1.165) is 41.7 Å². The Kier molecular flexibility index (Phi) is 4.87. The predicted molar refractivity (Wildman–Crippen MR) is 82.2 cm³/mol. The van der Waals surface area contributed by atoms with Gasteiger partial charge in [0.25, 0.3) is 0 Å². The zero-order valence-electron chi connectivity index (χ0n) is 11.9. The van der Waals surface area contributed by atoms with E-state index in [1.54, 1.807) is 11.8 Å². The summed E-state index contributed by atoms with van der Waals surface area (Å²) < 4.78 is 11.0. The monoisotopic (exact) mass is 308 g/mol. The molecule has 2 aliphatic rings. The highest BCUT2D eigenvalue weighted by Crippen LogP contribution is 2.34. The van der Waals surface area contributed by atoms with Crippen LogP contribution >= 0.6 is 11.8 Å². The Morgan fingerprint density at radius 3 is 3.00 bits per heavy atom. The molecule has 1 fully saturated rings. The SMILES string of the molecule is O=C(CCSc1ccc2c(c1)OCCO2)NC1CCNC1. The van der Waals surface area contributed by atoms with Crippen LogP contribution in [0.5, 0.6) is 11.5 Å². The molecule has 0 radical (unpaired) electrons. The molecule has 1 unspecified atom stereocenters. The van der Waals surface area contributed by atoms with E-state index >= 15 is 0 Å². The van der Waals surface area contributed by atoms with Crippen LogP contribution in [0.2, 0.25) is 0 Å². The molecule has 3 rings (SSSR count). The molecule has 1 aromatic rings. The molecular formula is C15H20N2O3S. The van der Waals surface area contributed by atoms with Crippen molar-refractivity contribution in [1.82, 2.24) is 10.6 Å². The molecule has 0 aliphatic carbocycles. The second-order valence-electron chi connectivity index (χ2n) is 5.16. The topological polar surface area (TPSA) is 59.6 Å². The quantitative estimate of drug-likeness (QED) is 0.806. The highest BCUT2D eigenvalue weighted by Gasteiger charge is 2.16. The van der Waals surface area contributed by atoms with E-state index < -0.39 is 0 Å². The summed E-state index contributed by atoms with van der Waals surface area (Å²) in [4.78, 5) is 12.9. The molecule has 0 bridgehead atoms. The fourth-order valence-electron chi connectivity index (χ4n) is 2.45. The number of ether oxygens (including phenoxy) is 2. The number of nitrogens with one attached hydrogen (secondary N) is 2. The number of carbonyl (C=O) groups excluding carboxylic acids is 1. The fourth-order valence-corrected chi connectivity index (χ4v) is 3.33. The average Bonchev–Trinajstić information content (AvgIpc) is 3.00. The van der Waals surface area contributed by atoms with Gasteiger partial charge in [-0.25, -0.2) is 0 Å². The minimum Gasteiger partial charge on any atom is -0.486 e.